The fourth-order valence-electron chi connectivity index (χ4n) is 3.40. The van der Waals surface area contributed by atoms with Crippen LogP contribution in [-0.4, -0.2) is 0 Å². The molecule has 1 aliphatic rings. The summed E-state index contributed by atoms with van der Waals surface area (Å²) in [6, 6.07) is 20.1. The fourth-order valence-corrected chi connectivity index (χ4v) is 4.38. The van der Waals surface area contributed by atoms with Crippen molar-refractivity contribution < 1.29 is 0 Å². The molecule has 0 amide bonds. The van der Waals surface area contributed by atoms with Crippen molar-refractivity contribution >= 4 is 32.2 Å². The third kappa shape index (κ3) is 1.31. The average Bonchev–Trinajstić information content (AvgIpc) is 2.90. The topological polar surface area (TPSA) is 0 Å². The Morgan fingerprint density at radius 1 is 0.750 bits per heavy atom. The van der Waals surface area contributed by atoms with Crippen LogP contribution in [0.4, 0.5) is 0 Å². The van der Waals surface area contributed by atoms with Gasteiger partial charge in [-0.2, -0.15) is 0 Å². The van der Waals surface area contributed by atoms with Crippen LogP contribution in [0.5, 0.6) is 0 Å². The molecule has 0 nitrogen and oxygen atoms in total. The Hall–Kier alpha value is -2.12. The van der Waals surface area contributed by atoms with E-state index in [0.717, 1.165) is 6.42 Å². The summed E-state index contributed by atoms with van der Waals surface area (Å²) in [4.78, 5) is 0. The molecule has 1 aromatic heterocycles. The third-order valence-corrected chi connectivity index (χ3v) is 5.31. The van der Waals surface area contributed by atoms with Crippen molar-refractivity contribution in [2.24, 2.45) is 0 Å². The number of thiophene rings is 1. The van der Waals surface area contributed by atoms with Crippen LogP contribution < -0.4 is 0 Å². The van der Waals surface area contributed by atoms with Crippen LogP contribution in [0.2, 0.25) is 0 Å². The van der Waals surface area contributed by atoms with Crippen LogP contribution in [0.3, 0.4) is 0 Å². The summed E-state index contributed by atoms with van der Waals surface area (Å²) in [5.41, 5.74) is 5.77. The van der Waals surface area contributed by atoms with E-state index < -0.39 is 0 Å². The summed E-state index contributed by atoms with van der Waals surface area (Å²) in [6.07, 6.45) is 1.07. The second-order valence-corrected chi connectivity index (χ2v) is 6.38. The first kappa shape index (κ1) is 10.6. The number of fused-ring (bicyclic) bond motifs is 3. The van der Waals surface area contributed by atoms with E-state index in [4.69, 9.17) is 0 Å². The molecule has 1 heteroatoms. The van der Waals surface area contributed by atoms with Crippen molar-refractivity contribution in [3.05, 3.63) is 71.1 Å². The molecule has 0 radical (unpaired) electrons. The maximum Gasteiger partial charge on any atom is 0.0351 e. The van der Waals surface area contributed by atoms with E-state index in [1.165, 1.54) is 43.1 Å². The second-order valence-electron chi connectivity index (χ2n) is 5.47. The molecule has 1 heterocycles. The van der Waals surface area contributed by atoms with Gasteiger partial charge in [-0.3, -0.25) is 0 Å². The maximum atomic E-state index is 2.37. The SMILES string of the molecule is c1ccc2cc3c(cc2c1)Cc1csc2cccc-3c12. The van der Waals surface area contributed by atoms with Gasteiger partial charge >= 0.3 is 0 Å². The molecule has 0 bridgehead atoms. The molecule has 0 N–H and O–H groups in total. The smallest absolute Gasteiger partial charge is 0.0351 e. The molecule has 0 spiro atoms. The van der Waals surface area contributed by atoms with Crippen molar-refractivity contribution in [3.63, 3.8) is 0 Å². The zero-order valence-corrected chi connectivity index (χ0v) is 11.7. The summed E-state index contributed by atoms with van der Waals surface area (Å²) in [5, 5.41) is 6.48. The standard InChI is InChI=1S/C19H12S/c1-2-5-13-10-17-14(8-12(13)4-1)9-15-11-20-18-7-3-6-16(17)19(15)18/h1-8,10-11H,9H2. The van der Waals surface area contributed by atoms with Gasteiger partial charge in [0.05, 0.1) is 0 Å². The summed E-state index contributed by atoms with van der Waals surface area (Å²) in [7, 11) is 0. The van der Waals surface area contributed by atoms with Crippen molar-refractivity contribution in [3.8, 4) is 11.1 Å². The average molecular weight is 272 g/mol. The first-order valence-corrected chi connectivity index (χ1v) is 7.79. The molecule has 3 aromatic carbocycles. The minimum absolute atomic E-state index is 1.07. The second kappa shape index (κ2) is 3.71. The monoisotopic (exact) mass is 272 g/mol. The van der Waals surface area contributed by atoms with E-state index in [-0.39, 0.29) is 0 Å². The summed E-state index contributed by atoms with van der Waals surface area (Å²) >= 11 is 1.87. The van der Waals surface area contributed by atoms with E-state index >= 15 is 0 Å². The largest absolute Gasteiger partial charge is 0.143 e. The van der Waals surface area contributed by atoms with Gasteiger partial charge in [-0.05, 0) is 57.0 Å². The number of hydrogen-bond acceptors (Lipinski definition) is 1. The molecule has 0 atom stereocenters. The van der Waals surface area contributed by atoms with Gasteiger partial charge in [0.25, 0.3) is 0 Å². The van der Waals surface area contributed by atoms with E-state index in [0.29, 0.717) is 0 Å². The first-order chi connectivity index (χ1) is 9.90. The molecule has 0 saturated carbocycles. The lowest BCUT2D eigenvalue weighted by molar-refractivity contribution is 1.22. The highest BCUT2D eigenvalue weighted by Gasteiger charge is 2.19. The molecule has 0 unspecified atom stereocenters. The van der Waals surface area contributed by atoms with Crippen LogP contribution in [-0.2, 0) is 6.42 Å². The van der Waals surface area contributed by atoms with Crippen LogP contribution in [0.1, 0.15) is 11.1 Å². The number of hydrogen-bond donors (Lipinski definition) is 0. The Bertz CT molecular complexity index is 976. The molecular formula is C19H12S. The number of benzene rings is 3. The van der Waals surface area contributed by atoms with Crippen molar-refractivity contribution in [2.45, 2.75) is 6.42 Å². The van der Waals surface area contributed by atoms with E-state index in [2.05, 4.69) is 60.0 Å². The Morgan fingerprint density at radius 3 is 2.50 bits per heavy atom. The molecular weight excluding hydrogens is 260 g/mol. The van der Waals surface area contributed by atoms with Crippen molar-refractivity contribution in [2.75, 3.05) is 0 Å². The van der Waals surface area contributed by atoms with Gasteiger partial charge in [-0.25, -0.2) is 0 Å². The maximum absolute atomic E-state index is 2.37. The van der Waals surface area contributed by atoms with E-state index in [1.807, 2.05) is 11.3 Å². The molecule has 0 saturated heterocycles. The van der Waals surface area contributed by atoms with Crippen LogP contribution >= 0.6 is 11.3 Å². The van der Waals surface area contributed by atoms with Gasteiger partial charge in [-0.1, -0.05) is 42.5 Å². The summed E-state index contributed by atoms with van der Waals surface area (Å²) in [6.45, 7) is 0. The highest BCUT2D eigenvalue weighted by molar-refractivity contribution is 7.17. The van der Waals surface area contributed by atoms with Crippen LogP contribution in [0.15, 0.2) is 60.0 Å². The highest BCUT2D eigenvalue weighted by atomic mass is 32.1. The zero-order valence-electron chi connectivity index (χ0n) is 10.9. The minimum atomic E-state index is 1.07. The predicted octanol–water partition coefficient (Wildman–Crippen LogP) is 5.63. The quantitative estimate of drug-likeness (QED) is 0.343. The first-order valence-electron chi connectivity index (χ1n) is 6.91. The van der Waals surface area contributed by atoms with Gasteiger partial charge in [0.1, 0.15) is 0 Å². The zero-order chi connectivity index (χ0) is 13.1. The molecule has 20 heavy (non-hydrogen) atoms. The number of rotatable bonds is 0. The van der Waals surface area contributed by atoms with Gasteiger partial charge < -0.3 is 0 Å². The molecule has 4 aromatic rings. The Kier molecular flexibility index (Phi) is 1.97. The van der Waals surface area contributed by atoms with Gasteiger partial charge in [0.2, 0.25) is 0 Å². The lowest BCUT2D eigenvalue weighted by Gasteiger charge is -2.18. The fraction of sp³-hybridized carbons (Fsp3) is 0.0526. The lowest BCUT2D eigenvalue weighted by atomic mass is 9.85. The Balaban J connectivity index is 1.95. The van der Waals surface area contributed by atoms with Crippen LogP contribution in [0.25, 0.3) is 32.0 Å². The molecule has 0 fully saturated rings. The van der Waals surface area contributed by atoms with Crippen LogP contribution in [0, 0.1) is 0 Å². The Labute approximate surface area is 121 Å². The normalized spacial score (nSPS) is 12.8. The van der Waals surface area contributed by atoms with Gasteiger partial charge in [-0.15, -0.1) is 11.3 Å². The molecule has 0 aliphatic heterocycles. The molecule has 94 valence electrons. The van der Waals surface area contributed by atoms with Crippen molar-refractivity contribution in [1.82, 2.24) is 0 Å². The van der Waals surface area contributed by atoms with Crippen molar-refractivity contribution in [1.29, 1.82) is 0 Å². The van der Waals surface area contributed by atoms with Gasteiger partial charge in [0, 0.05) is 10.1 Å². The Morgan fingerprint density at radius 2 is 1.60 bits per heavy atom. The summed E-state index contributed by atoms with van der Waals surface area (Å²) < 4.78 is 1.41. The molecule has 5 rings (SSSR count). The molecule has 1 aliphatic carbocycles. The lowest BCUT2D eigenvalue weighted by Crippen LogP contribution is -1.98. The van der Waals surface area contributed by atoms with E-state index in [1.54, 1.807) is 0 Å². The highest BCUT2D eigenvalue weighted by Crippen LogP contribution is 2.43. The van der Waals surface area contributed by atoms with Gasteiger partial charge in [0.15, 0.2) is 0 Å². The minimum Gasteiger partial charge on any atom is -0.143 e. The third-order valence-electron chi connectivity index (χ3n) is 4.32. The van der Waals surface area contributed by atoms with E-state index in [9.17, 15) is 0 Å². The summed E-state index contributed by atoms with van der Waals surface area (Å²) in [5.74, 6) is 0. The predicted molar refractivity (Wildman–Crippen MR) is 87.6 cm³/mol.